The topological polar surface area (TPSA) is 41.8 Å². The number of benzene rings is 1. The Balaban J connectivity index is 2.01. The van der Waals surface area contributed by atoms with Gasteiger partial charge in [0.05, 0.1) is 5.71 Å². The molecule has 1 aromatic carbocycles. The molecule has 1 N–H and O–H groups in total. The molecule has 0 unspecified atom stereocenters. The van der Waals surface area contributed by atoms with E-state index in [9.17, 15) is 5.11 Å². The van der Waals surface area contributed by atoms with Gasteiger partial charge in [-0.05, 0) is 67.6 Å². The zero-order valence-corrected chi connectivity index (χ0v) is 17.9. The second-order valence-corrected chi connectivity index (χ2v) is 8.69. The minimum absolute atomic E-state index is 0.108. The summed E-state index contributed by atoms with van der Waals surface area (Å²) < 4.78 is 0. The first kappa shape index (κ1) is 21.8. The van der Waals surface area contributed by atoms with Gasteiger partial charge in [-0.2, -0.15) is 0 Å². The van der Waals surface area contributed by atoms with E-state index >= 15 is 0 Å². The standard InChI is InChI=1S/C24H39NO2/c1-5-7-8-9-10-16-24(3,4)20-14-15-22(23(26)18-20)19-12-11-13-21(17-19)25-27-6-2/h14-15,18-19,26H,5-13,16-17H2,1-4H3/b25-21-/t19-/m0/s1. The van der Waals surface area contributed by atoms with Gasteiger partial charge < -0.3 is 9.94 Å². The van der Waals surface area contributed by atoms with Crippen LogP contribution in [0.15, 0.2) is 23.4 Å². The number of hydrogen-bond donors (Lipinski definition) is 1. The summed E-state index contributed by atoms with van der Waals surface area (Å²) in [4.78, 5) is 5.24. The molecule has 0 bridgehead atoms. The van der Waals surface area contributed by atoms with Crippen LogP contribution in [-0.4, -0.2) is 17.4 Å². The summed E-state index contributed by atoms with van der Waals surface area (Å²) in [6.45, 7) is 9.43. The third kappa shape index (κ3) is 6.55. The van der Waals surface area contributed by atoms with Crippen LogP contribution in [0.5, 0.6) is 5.75 Å². The third-order valence-corrected chi connectivity index (χ3v) is 5.98. The molecular formula is C24H39NO2. The van der Waals surface area contributed by atoms with E-state index < -0.39 is 0 Å². The van der Waals surface area contributed by atoms with Gasteiger partial charge in [-0.3, -0.25) is 0 Å². The first-order chi connectivity index (χ1) is 13.0. The molecular weight excluding hydrogens is 334 g/mol. The van der Waals surface area contributed by atoms with Crippen molar-refractivity contribution in [1.82, 2.24) is 0 Å². The Morgan fingerprint density at radius 3 is 2.63 bits per heavy atom. The summed E-state index contributed by atoms with van der Waals surface area (Å²) in [6, 6.07) is 6.39. The average Bonchev–Trinajstić information content (AvgIpc) is 2.66. The number of phenolic OH excluding ortho intramolecular Hbond substituents is 1. The maximum atomic E-state index is 10.7. The fourth-order valence-electron chi connectivity index (χ4n) is 4.17. The van der Waals surface area contributed by atoms with Crippen molar-refractivity contribution in [2.24, 2.45) is 5.16 Å². The second-order valence-electron chi connectivity index (χ2n) is 8.69. The van der Waals surface area contributed by atoms with Crippen LogP contribution in [0.4, 0.5) is 0 Å². The maximum Gasteiger partial charge on any atom is 0.119 e. The molecule has 1 atom stereocenters. The van der Waals surface area contributed by atoms with E-state index in [4.69, 9.17) is 4.84 Å². The lowest BCUT2D eigenvalue weighted by molar-refractivity contribution is 0.156. The predicted molar refractivity (Wildman–Crippen MR) is 115 cm³/mol. The van der Waals surface area contributed by atoms with E-state index in [1.54, 1.807) is 0 Å². The molecule has 3 heteroatoms. The van der Waals surface area contributed by atoms with E-state index in [-0.39, 0.29) is 5.41 Å². The normalized spacial score (nSPS) is 19.4. The first-order valence-electron chi connectivity index (χ1n) is 11.0. The minimum Gasteiger partial charge on any atom is -0.508 e. The Hall–Kier alpha value is -1.51. The molecule has 0 radical (unpaired) electrons. The molecule has 1 aliphatic carbocycles. The predicted octanol–water partition coefficient (Wildman–Crippen LogP) is 7.08. The Labute approximate surface area is 166 Å². The lowest BCUT2D eigenvalue weighted by Crippen LogP contribution is -2.18. The average molecular weight is 374 g/mol. The van der Waals surface area contributed by atoms with E-state index in [2.05, 4.69) is 38.1 Å². The van der Waals surface area contributed by atoms with Gasteiger partial charge >= 0.3 is 0 Å². The van der Waals surface area contributed by atoms with Crippen LogP contribution in [0.3, 0.4) is 0 Å². The van der Waals surface area contributed by atoms with Gasteiger partial charge in [0.15, 0.2) is 0 Å². The summed E-state index contributed by atoms with van der Waals surface area (Å²) >= 11 is 0. The third-order valence-electron chi connectivity index (χ3n) is 5.98. The van der Waals surface area contributed by atoms with Crippen LogP contribution in [0.2, 0.25) is 0 Å². The lowest BCUT2D eigenvalue weighted by Gasteiger charge is -2.28. The molecule has 0 amide bonds. The van der Waals surface area contributed by atoms with Crippen LogP contribution < -0.4 is 0 Å². The Bertz CT molecular complexity index is 606. The summed E-state index contributed by atoms with van der Waals surface area (Å²) in [5.41, 5.74) is 3.56. The van der Waals surface area contributed by atoms with Crippen molar-refractivity contribution in [1.29, 1.82) is 0 Å². The van der Waals surface area contributed by atoms with Crippen molar-refractivity contribution in [2.45, 2.75) is 103 Å². The maximum absolute atomic E-state index is 10.7. The number of nitrogens with zero attached hydrogens (tertiary/aromatic N) is 1. The molecule has 1 fully saturated rings. The fraction of sp³-hybridized carbons (Fsp3) is 0.708. The largest absolute Gasteiger partial charge is 0.508 e. The van der Waals surface area contributed by atoms with Gasteiger partial charge in [0.25, 0.3) is 0 Å². The molecule has 27 heavy (non-hydrogen) atoms. The Kier molecular flexibility index (Phi) is 8.66. The molecule has 2 rings (SSSR count). The molecule has 0 spiro atoms. The molecule has 0 aromatic heterocycles. The van der Waals surface area contributed by atoms with E-state index in [1.807, 2.05) is 13.0 Å². The highest BCUT2D eigenvalue weighted by molar-refractivity contribution is 5.85. The van der Waals surface area contributed by atoms with Crippen molar-refractivity contribution in [2.75, 3.05) is 6.61 Å². The van der Waals surface area contributed by atoms with Crippen LogP contribution in [0.1, 0.15) is 109 Å². The summed E-state index contributed by atoms with van der Waals surface area (Å²) in [7, 11) is 0. The molecule has 1 aliphatic rings. The highest BCUT2D eigenvalue weighted by atomic mass is 16.6. The van der Waals surface area contributed by atoms with Gasteiger partial charge in [-0.25, -0.2) is 0 Å². The van der Waals surface area contributed by atoms with Gasteiger partial charge in [-0.15, -0.1) is 0 Å². The molecule has 3 nitrogen and oxygen atoms in total. The van der Waals surface area contributed by atoms with Gasteiger partial charge in [0.2, 0.25) is 0 Å². The van der Waals surface area contributed by atoms with Crippen molar-refractivity contribution in [3.63, 3.8) is 0 Å². The number of aromatic hydroxyl groups is 1. The number of rotatable bonds is 10. The molecule has 0 aliphatic heterocycles. The van der Waals surface area contributed by atoms with E-state index in [1.165, 1.54) is 44.1 Å². The Morgan fingerprint density at radius 1 is 1.15 bits per heavy atom. The van der Waals surface area contributed by atoms with Crippen molar-refractivity contribution in [3.8, 4) is 5.75 Å². The van der Waals surface area contributed by atoms with Crippen LogP contribution in [0.25, 0.3) is 0 Å². The molecule has 0 saturated heterocycles. The molecule has 1 aromatic rings. The van der Waals surface area contributed by atoms with Crippen molar-refractivity contribution < 1.29 is 9.94 Å². The molecule has 152 valence electrons. The van der Waals surface area contributed by atoms with Crippen molar-refractivity contribution in [3.05, 3.63) is 29.3 Å². The second kappa shape index (κ2) is 10.7. The van der Waals surface area contributed by atoms with Crippen LogP contribution in [0, 0.1) is 0 Å². The van der Waals surface area contributed by atoms with Crippen molar-refractivity contribution >= 4 is 5.71 Å². The van der Waals surface area contributed by atoms with E-state index in [0.717, 1.165) is 37.0 Å². The van der Waals surface area contributed by atoms with Gasteiger partial charge in [0, 0.05) is 0 Å². The highest BCUT2D eigenvalue weighted by Gasteiger charge is 2.25. The minimum atomic E-state index is 0.108. The monoisotopic (exact) mass is 373 g/mol. The number of phenols is 1. The van der Waals surface area contributed by atoms with Gasteiger partial charge in [-0.1, -0.05) is 70.2 Å². The fourth-order valence-corrected chi connectivity index (χ4v) is 4.17. The van der Waals surface area contributed by atoms with Gasteiger partial charge in [0.1, 0.15) is 12.4 Å². The van der Waals surface area contributed by atoms with E-state index in [0.29, 0.717) is 18.3 Å². The molecule has 0 heterocycles. The SMILES string of the molecule is CCCCCCCC(C)(C)c1ccc([C@H]2CCC/C(=N/OCC)C2)c(O)c1. The zero-order chi connectivity index (χ0) is 19.7. The highest BCUT2D eigenvalue weighted by Crippen LogP contribution is 2.39. The summed E-state index contributed by atoms with van der Waals surface area (Å²) in [6.07, 6.45) is 11.8. The lowest BCUT2D eigenvalue weighted by atomic mass is 9.77. The number of oxime groups is 1. The molecule has 1 saturated carbocycles. The Morgan fingerprint density at radius 2 is 1.93 bits per heavy atom. The first-order valence-corrected chi connectivity index (χ1v) is 11.0. The zero-order valence-electron chi connectivity index (χ0n) is 17.9. The number of hydrogen-bond acceptors (Lipinski definition) is 3. The number of unbranched alkanes of at least 4 members (excludes halogenated alkanes) is 4. The summed E-state index contributed by atoms with van der Waals surface area (Å²) in [5.74, 6) is 0.804. The summed E-state index contributed by atoms with van der Waals surface area (Å²) in [5, 5.41) is 15.0. The quantitative estimate of drug-likeness (QED) is 0.351. The van der Waals surface area contributed by atoms with Crippen LogP contribution >= 0.6 is 0 Å². The smallest absolute Gasteiger partial charge is 0.119 e. The van der Waals surface area contributed by atoms with Crippen LogP contribution in [-0.2, 0) is 10.3 Å².